The molecular weight excluding hydrogens is 138 g/mol. The molecule has 0 unspecified atom stereocenters. The van der Waals surface area contributed by atoms with Gasteiger partial charge in [0.1, 0.15) is 0 Å². The van der Waals surface area contributed by atoms with E-state index in [1.54, 1.807) is 6.92 Å². The van der Waals surface area contributed by atoms with Crippen molar-refractivity contribution in [3.05, 3.63) is 16.9 Å². The second-order valence-electron chi connectivity index (χ2n) is 1.77. The standard InChI is InChI=1S/C5H6ClN3/c1-3-7-4(2)9-5(6)8-3/h1-2H3/p+1. The summed E-state index contributed by atoms with van der Waals surface area (Å²) in [4.78, 5) is 10.6. The molecule has 0 aliphatic carbocycles. The zero-order valence-electron chi connectivity index (χ0n) is 5.27. The van der Waals surface area contributed by atoms with Gasteiger partial charge in [-0.25, -0.2) is 4.98 Å². The molecular formula is C5H7ClN3+. The van der Waals surface area contributed by atoms with Crippen molar-refractivity contribution >= 4 is 11.6 Å². The van der Waals surface area contributed by atoms with E-state index in [9.17, 15) is 0 Å². The molecule has 1 N–H and O–H groups in total. The molecule has 1 aromatic heterocycles. The summed E-state index contributed by atoms with van der Waals surface area (Å²) in [5, 5.41) is 0.389. The van der Waals surface area contributed by atoms with E-state index >= 15 is 0 Å². The summed E-state index contributed by atoms with van der Waals surface area (Å²) in [6.07, 6.45) is 0. The van der Waals surface area contributed by atoms with Crippen molar-refractivity contribution in [2.45, 2.75) is 13.8 Å². The average Bonchev–Trinajstić information content (AvgIpc) is 1.59. The van der Waals surface area contributed by atoms with E-state index in [2.05, 4.69) is 15.0 Å². The number of hydrogen-bond donors (Lipinski definition) is 0. The summed E-state index contributed by atoms with van der Waals surface area (Å²) in [5.41, 5.74) is 0. The van der Waals surface area contributed by atoms with Gasteiger partial charge in [-0.1, -0.05) is 9.97 Å². The highest BCUT2D eigenvalue weighted by Crippen LogP contribution is 1.93. The van der Waals surface area contributed by atoms with E-state index in [0.29, 0.717) is 11.1 Å². The van der Waals surface area contributed by atoms with Crippen LogP contribution in [0.5, 0.6) is 0 Å². The zero-order valence-corrected chi connectivity index (χ0v) is 6.03. The smallest absolute Gasteiger partial charge is 0.234 e. The Morgan fingerprint density at radius 2 is 2.00 bits per heavy atom. The second-order valence-corrected chi connectivity index (χ2v) is 2.13. The van der Waals surface area contributed by atoms with E-state index in [1.165, 1.54) is 0 Å². The fourth-order valence-electron chi connectivity index (χ4n) is 0.615. The van der Waals surface area contributed by atoms with Crippen LogP contribution < -0.4 is 4.98 Å². The molecule has 0 saturated carbocycles. The van der Waals surface area contributed by atoms with Gasteiger partial charge in [0.05, 0.1) is 0 Å². The second kappa shape index (κ2) is 2.27. The van der Waals surface area contributed by atoms with Crippen LogP contribution in [0.4, 0.5) is 0 Å². The largest absolute Gasteiger partial charge is 0.335 e. The van der Waals surface area contributed by atoms with Gasteiger partial charge < -0.3 is 0 Å². The van der Waals surface area contributed by atoms with Crippen LogP contribution in [0.15, 0.2) is 0 Å². The lowest BCUT2D eigenvalue weighted by Gasteiger charge is -1.83. The maximum atomic E-state index is 5.54. The molecule has 3 nitrogen and oxygen atoms in total. The van der Waals surface area contributed by atoms with Crippen LogP contribution in [0.3, 0.4) is 0 Å². The van der Waals surface area contributed by atoms with Gasteiger partial charge in [-0.05, 0) is 11.6 Å². The molecule has 1 heterocycles. The molecule has 0 saturated heterocycles. The minimum atomic E-state index is 0.389. The monoisotopic (exact) mass is 144 g/mol. The predicted octanol–water partition coefficient (Wildman–Crippen LogP) is 0.561. The lowest BCUT2D eigenvalue weighted by molar-refractivity contribution is -0.395. The Labute approximate surface area is 58.1 Å². The first kappa shape index (κ1) is 6.42. The molecule has 0 aromatic carbocycles. The first-order valence-electron chi connectivity index (χ1n) is 2.58. The highest BCUT2D eigenvalue weighted by atomic mass is 35.5. The third-order valence-corrected chi connectivity index (χ3v) is 1.05. The Morgan fingerprint density at radius 1 is 1.33 bits per heavy atom. The van der Waals surface area contributed by atoms with E-state index < -0.39 is 0 Å². The molecule has 0 radical (unpaired) electrons. The van der Waals surface area contributed by atoms with Crippen LogP contribution in [0.2, 0.25) is 5.28 Å². The molecule has 0 spiro atoms. The van der Waals surface area contributed by atoms with Gasteiger partial charge in [0.2, 0.25) is 5.82 Å². The molecule has 0 aliphatic heterocycles. The van der Waals surface area contributed by atoms with Crippen molar-refractivity contribution in [3.8, 4) is 0 Å². The summed E-state index contributed by atoms with van der Waals surface area (Å²) in [7, 11) is 0. The van der Waals surface area contributed by atoms with Gasteiger partial charge in [0, 0.05) is 13.8 Å². The number of rotatable bonds is 0. The van der Waals surface area contributed by atoms with Gasteiger partial charge in [-0.2, -0.15) is 0 Å². The third kappa shape index (κ3) is 1.61. The summed E-state index contributed by atoms with van der Waals surface area (Å²) in [5.74, 6) is 1.48. The molecule has 1 rings (SSSR count). The summed E-state index contributed by atoms with van der Waals surface area (Å²) >= 11 is 5.54. The normalized spacial score (nSPS) is 9.67. The molecule has 4 heteroatoms. The fourth-order valence-corrected chi connectivity index (χ4v) is 0.874. The molecule has 0 atom stereocenters. The van der Waals surface area contributed by atoms with E-state index in [-0.39, 0.29) is 0 Å². The van der Waals surface area contributed by atoms with Crippen molar-refractivity contribution in [3.63, 3.8) is 0 Å². The zero-order chi connectivity index (χ0) is 6.85. The minimum absolute atomic E-state index is 0.389. The average molecular weight is 145 g/mol. The van der Waals surface area contributed by atoms with Gasteiger partial charge in [0.15, 0.2) is 0 Å². The molecule has 0 fully saturated rings. The Kier molecular flexibility index (Phi) is 1.62. The number of aryl methyl sites for hydroxylation is 2. The SMILES string of the molecule is Cc1nc(C)[nH+]c(Cl)n1. The molecule has 0 bridgehead atoms. The van der Waals surface area contributed by atoms with Crippen molar-refractivity contribution in [2.24, 2.45) is 0 Å². The summed E-state index contributed by atoms with van der Waals surface area (Å²) in [6, 6.07) is 0. The van der Waals surface area contributed by atoms with E-state index in [4.69, 9.17) is 11.6 Å². The van der Waals surface area contributed by atoms with Crippen LogP contribution in [0.25, 0.3) is 0 Å². The van der Waals surface area contributed by atoms with Crippen LogP contribution in [-0.2, 0) is 0 Å². The molecule has 48 valence electrons. The number of aromatic nitrogens is 3. The van der Waals surface area contributed by atoms with Crippen molar-refractivity contribution in [1.29, 1.82) is 0 Å². The topological polar surface area (TPSA) is 39.9 Å². The maximum absolute atomic E-state index is 5.54. The summed E-state index contributed by atoms with van der Waals surface area (Å²) in [6.45, 7) is 3.63. The molecule has 9 heavy (non-hydrogen) atoms. The molecule has 1 aromatic rings. The summed E-state index contributed by atoms with van der Waals surface area (Å²) < 4.78 is 0. The highest BCUT2D eigenvalue weighted by Gasteiger charge is 2.03. The maximum Gasteiger partial charge on any atom is 0.335 e. The van der Waals surface area contributed by atoms with Gasteiger partial charge >= 0.3 is 5.28 Å². The first-order valence-corrected chi connectivity index (χ1v) is 2.96. The minimum Gasteiger partial charge on any atom is -0.234 e. The van der Waals surface area contributed by atoms with Crippen molar-refractivity contribution in [1.82, 2.24) is 9.97 Å². The van der Waals surface area contributed by atoms with Crippen LogP contribution in [0.1, 0.15) is 11.6 Å². The lowest BCUT2D eigenvalue weighted by atomic mass is 10.6. The van der Waals surface area contributed by atoms with Gasteiger partial charge in [0.25, 0.3) is 5.82 Å². The van der Waals surface area contributed by atoms with Crippen LogP contribution in [-0.4, -0.2) is 9.97 Å². The number of nitrogens with one attached hydrogen (secondary N) is 1. The van der Waals surface area contributed by atoms with Crippen LogP contribution in [0, 0.1) is 13.8 Å². The Morgan fingerprint density at radius 3 is 2.44 bits per heavy atom. The number of hydrogen-bond acceptors (Lipinski definition) is 2. The number of H-pyrrole nitrogens is 1. The van der Waals surface area contributed by atoms with Crippen molar-refractivity contribution < 1.29 is 4.98 Å². The fraction of sp³-hybridized carbons (Fsp3) is 0.400. The number of halogens is 1. The Balaban J connectivity index is 3.17. The quantitative estimate of drug-likeness (QED) is 0.534. The number of aromatic amines is 1. The molecule has 0 amide bonds. The van der Waals surface area contributed by atoms with E-state index in [0.717, 1.165) is 5.82 Å². The Hall–Kier alpha value is -0.700. The first-order chi connectivity index (χ1) is 4.18. The van der Waals surface area contributed by atoms with Crippen molar-refractivity contribution in [2.75, 3.05) is 0 Å². The predicted molar refractivity (Wildman–Crippen MR) is 33.1 cm³/mol. The Bertz CT molecular complexity index is 173. The van der Waals surface area contributed by atoms with E-state index in [1.807, 2.05) is 6.92 Å². The lowest BCUT2D eigenvalue weighted by Crippen LogP contribution is -2.14. The molecule has 0 aliphatic rings. The van der Waals surface area contributed by atoms with Gasteiger partial charge in [-0.15, -0.1) is 0 Å². The highest BCUT2D eigenvalue weighted by molar-refractivity contribution is 6.27. The number of nitrogens with zero attached hydrogens (tertiary/aromatic N) is 2. The van der Waals surface area contributed by atoms with Gasteiger partial charge in [-0.3, -0.25) is 0 Å². The van der Waals surface area contributed by atoms with Crippen LogP contribution >= 0.6 is 11.6 Å². The third-order valence-electron chi connectivity index (χ3n) is 0.874.